The van der Waals surface area contributed by atoms with Crippen molar-refractivity contribution < 1.29 is 18.3 Å². The molecule has 0 saturated carbocycles. The van der Waals surface area contributed by atoms with Gasteiger partial charge in [-0.1, -0.05) is 29.3 Å². The second-order valence-corrected chi connectivity index (χ2v) is 9.01. The van der Waals surface area contributed by atoms with Crippen LogP contribution in [-0.4, -0.2) is 55.1 Å². The Balaban J connectivity index is 1.56. The molecule has 9 heteroatoms. The van der Waals surface area contributed by atoms with Crippen molar-refractivity contribution in [3.05, 3.63) is 79.4 Å². The van der Waals surface area contributed by atoms with Crippen molar-refractivity contribution in [1.29, 1.82) is 0 Å². The Morgan fingerprint density at radius 2 is 1.79 bits per heavy atom. The maximum Gasteiger partial charge on any atom is 0.290 e. The van der Waals surface area contributed by atoms with E-state index in [-0.39, 0.29) is 28.2 Å². The zero-order valence-electron chi connectivity index (χ0n) is 17.7. The Morgan fingerprint density at radius 1 is 1.00 bits per heavy atom. The van der Waals surface area contributed by atoms with Gasteiger partial charge in [-0.15, -0.1) is 0 Å². The van der Waals surface area contributed by atoms with E-state index < -0.39 is 17.3 Å². The van der Waals surface area contributed by atoms with Gasteiger partial charge in [-0.2, -0.15) is 0 Å². The summed E-state index contributed by atoms with van der Waals surface area (Å²) in [4.78, 5) is 30.8. The van der Waals surface area contributed by atoms with E-state index in [4.69, 9.17) is 32.4 Å². The van der Waals surface area contributed by atoms with Crippen molar-refractivity contribution in [2.75, 3.05) is 39.4 Å². The number of hydrogen-bond acceptors (Lipinski definition) is 5. The number of carbonyl (C=O) groups is 1. The predicted molar refractivity (Wildman–Crippen MR) is 124 cm³/mol. The molecule has 0 radical (unpaired) electrons. The van der Waals surface area contributed by atoms with E-state index in [0.29, 0.717) is 41.8 Å². The molecular formula is C24H21Cl2FN2O4. The first-order chi connectivity index (χ1) is 15.9. The van der Waals surface area contributed by atoms with Gasteiger partial charge in [0, 0.05) is 26.2 Å². The lowest BCUT2D eigenvalue weighted by Gasteiger charge is -2.29. The van der Waals surface area contributed by atoms with Gasteiger partial charge in [0.1, 0.15) is 11.4 Å². The van der Waals surface area contributed by atoms with Crippen LogP contribution in [0.5, 0.6) is 0 Å². The molecule has 0 unspecified atom stereocenters. The molecule has 3 aromatic rings. The SMILES string of the molecule is O=C1c2oc3ccc(F)cc3c(=O)c2[C@H](c2ccc(Cl)c(Cl)c2)N1CCCN1CCOCC1. The minimum absolute atomic E-state index is 0.0125. The smallest absolute Gasteiger partial charge is 0.290 e. The molecule has 0 bridgehead atoms. The van der Waals surface area contributed by atoms with Crippen LogP contribution in [0, 0.1) is 5.82 Å². The quantitative estimate of drug-likeness (QED) is 0.526. The lowest BCUT2D eigenvalue weighted by Crippen LogP contribution is -2.38. The van der Waals surface area contributed by atoms with Gasteiger partial charge in [0.15, 0.2) is 5.43 Å². The standard InChI is InChI=1S/C24H21Cl2FN2O4/c25-17-4-2-14(12-18(17)26)21-20-22(30)16-13-15(27)3-5-19(16)33-23(20)24(31)29(21)7-1-6-28-8-10-32-11-9-28/h2-5,12-13,21H,1,6-11H2/t21-/m0/s1. The summed E-state index contributed by atoms with van der Waals surface area (Å²) in [6.45, 7) is 4.30. The fourth-order valence-corrected chi connectivity index (χ4v) is 4.85. The van der Waals surface area contributed by atoms with Crippen LogP contribution in [0.2, 0.25) is 10.0 Å². The topological polar surface area (TPSA) is 63.0 Å². The predicted octanol–water partition coefficient (Wildman–Crippen LogP) is 4.51. The van der Waals surface area contributed by atoms with Crippen LogP contribution in [0.15, 0.2) is 45.6 Å². The molecule has 1 aromatic heterocycles. The highest BCUT2D eigenvalue weighted by atomic mass is 35.5. The van der Waals surface area contributed by atoms with E-state index in [1.54, 1.807) is 23.1 Å². The maximum atomic E-state index is 13.9. The molecule has 2 aromatic carbocycles. The average Bonchev–Trinajstić information content (AvgIpc) is 3.09. The van der Waals surface area contributed by atoms with Crippen molar-refractivity contribution >= 4 is 40.1 Å². The Bertz CT molecular complexity index is 1290. The van der Waals surface area contributed by atoms with Crippen molar-refractivity contribution in [3.63, 3.8) is 0 Å². The number of ether oxygens (including phenoxy) is 1. The highest BCUT2D eigenvalue weighted by Gasteiger charge is 2.42. The number of rotatable bonds is 5. The highest BCUT2D eigenvalue weighted by Crippen LogP contribution is 2.39. The molecule has 5 rings (SSSR count). The van der Waals surface area contributed by atoms with Crippen LogP contribution >= 0.6 is 23.2 Å². The first-order valence-electron chi connectivity index (χ1n) is 10.8. The van der Waals surface area contributed by atoms with Gasteiger partial charge in [0.25, 0.3) is 5.91 Å². The van der Waals surface area contributed by atoms with Crippen LogP contribution in [0.4, 0.5) is 4.39 Å². The number of benzene rings is 2. The molecule has 1 fully saturated rings. The van der Waals surface area contributed by atoms with Crippen LogP contribution in [0.25, 0.3) is 11.0 Å². The van der Waals surface area contributed by atoms with Gasteiger partial charge >= 0.3 is 0 Å². The highest BCUT2D eigenvalue weighted by molar-refractivity contribution is 6.42. The molecule has 1 saturated heterocycles. The van der Waals surface area contributed by atoms with Gasteiger partial charge in [0.05, 0.1) is 40.3 Å². The number of halogens is 3. The fourth-order valence-electron chi connectivity index (χ4n) is 4.54. The Hall–Kier alpha value is -2.45. The maximum absolute atomic E-state index is 13.9. The molecule has 33 heavy (non-hydrogen) atoms. The molecule has 0 spiro atoms. The van der Waals surface area contributed by atoms with Crippen molar-refractivity contribution in [2.45, 2.75) is 12.5 Å². The molecule has 2 aliphatic heterocycles. The summed E-state index contributed by atoms with van der Waals surface area (Å²) >= 11 is 12.4. The first kappa shape index (κ1) is 22.3. The molecule has 3 heterocycles. The van der Waals surface area contributed by atoms with Crippen LogP contribution in [0.3, 0.4) is 0 Å². The van der Waals surface area contributed by atoms with Crippen LogP contribution < -0.4 is 5.43 Å². The zero-order valence-corrected chi connectivity index (χ0v) is 19.2. The molecule has 6 nitrogen and oxygen atoms in total. The normalized spacial score (nSPS) is 18.8. The van der Waals surface area contributed by atoms with Gasteiger partial charge < -0.3 is 14.1 Å². The third kappa shape index (κ3) is 4.15. The van der Waals surface area contributed by atoms with Gasteiger partial charge in [-0.05, 0) is 42.3 Å². The minimum Gasteiger partial charge on any atom is -0.450 e. The molecule has 0 N–H and O–H groups in total. The van der Waals surface area contributed by atoms with E-state index >= 15 is 0 Å². The largest absolute Gasteiger partial charge is 0.450 e. The summed E-state index contributed by atoms with van der Waals surface area (Å²) in [5, 5.41) is 0.790. The van der Waals surface area contributed by atoms with E-state index in [1.165, 1.54) is 12.1 Å². The number of fused-ring (bicyclic) bond motifs is 2. The summed E-state index contributed by atoms with van der Waals surface area (Å²) in [6, 6.07) is 8.04. The molecule has 0 aliphatic carbocycles. The molecule has 2 aliphatic rings. The summed E-state index contributed by atoms with van der Waals surface area (Å²) in [5.41, 5.74) is 0.594. The van der Waals surface area contributed by atoms with E-state index in [0.717, 1.165) is 25.7 Å². The summed E-state index contributed by atoms with van der Waals surface area (Å²) in [5.74, 6) is -0.930. The number of nitrogens with zero attached hydrogens (tertiary/aromatic N) is 2. The van der Waals surface area contributed by atoms with E-state index in [2.05, 4.69) is 4.90 Å². The van der Waals surface area contributed by atoms with Crippen LogP contribution in [0.1, 0.15) is 34.1 Å². The lowest BCUT2D eigenvalue weighted by atomic mass is 9.98. The molecule has 1 amide bonds. The van der Waals surface area contributed by atoms with Crippen molar-refractivity contribution in [1.82, 2.24) is 9.80 Å². The summed E-state index contributed by atoms with van der Waals surface area (Å²) < 4.78 is 25.1. The Kier molecular flexibility index (Phi) is 6.14. The van der Waals surface area contributed by atoms with E-state index in [9.17, 15) is 14.0 Å². The number of hydrogen-bond donors (Lipinski definition) is 0. The van der Waals surface area contributed by atoms with E-state index in [1.807, 2.05) is 0 Å². The average molecular weight is 491 g/mol. The third-order valence-corrected chi connectivity index (χ3v) is 6.90. The first-order valence-corrected chi connectivity index (χ1v) is 11.5. The molecular weight excluding hydrogens is 470 g/mol. The summed E-state index contributed by atoms with van der Waals surface area (Å²) in [7, 11) is 0. The summed E-state index contributed by atoms with van der Waals surface area (Å²) in [6.07, 6.45) is 0.708. The van der Waals surface area contributed by atoms with Crippen LogP contribution in [-0.2, 0) is 4.74 Å². The van der Waals surface area contributed by atoms with Crippen molar-refractivity contribution in [2.24, 2.45) is 0 Å². The molecule has 1 atom stereocenters. The molecule has 172 valence electrons. The fraction of sp³-hybridized carbons (Fsp3) is 0.333. The third-order valence-electron chi connectivity index (χ3n) is 6.16. The number of morpholine rings is 1. The number of amides is 1. The second kappa shape index (κ2) is 9.06. The number of carbonyl (C=O) groups excluding carboxylic acids is 1. The Morgan fingerprint density at radius 3 is 2.55 bits per heavy atom. The van der Waals surface area contributed by atoms with Gasteiger partial charge in [-0.25, -0.2) is 4.39 Å². The Labute approximate surface area is 199 Å². The monoisotopic (exact) mass is 490 g/mol. The zero-order chi connectivity index (χ0) is 23.1. The van der Waals surface area contributed by atoms with Crippen molar-refractivity contribution in [3.8, 4) is 0 Å². The lowest BCUT2D eigenvalue weighted by molar-refractivity contribution is 0.0353. The van der Waals surface area contributed by atoms with Gasteiger partial charge in [-0.3, -0.25) is 14.5 Å². The van der Waals surface area contributed by atoms with Gasteiger partial charge in [0.2, 0.25) is 5.76 Å². The second-order valence-electron chi connectivity index (χ2n) is 8.20. The minimum atomic E-state index is -0.698.